The third kappa shape index (κ3) is 3.22. The lowest BCUT2D eigenvalue weighted by atomic mass is 10.1. The van der Waals surface area contributed by atoms with E-state index in [1.165, 1.54) is 0 Å². The minimum absolute atomic E-state index is 0.0446. The number of hydrogen-bond acceptors (Lipinski definition) is 3. The first-order chi connectivity index (χ1) is 12.5. The molecular formula is C20H12Br2NO3+. The van der Waals surface area contributed by atoms with Crippen LogP contribution in [0.1, 0.15) is 10.4 Å². The second kappa shape index (κ2) is 6.78. The van der Waals surface area contributed by atoms with Crippen molar-refractivity contribution in [3.63, 3.8) is 0 Å². The van der Waals surface area contributed by atoms with Crippen LogP contribution in [0.4, 0.5) is 0 Å². The number of carbonyl (C=O) groups is 1. The number of halogens is 2. The molecule has 0 spiro atoms. The zero-order chi connectivity index (χ0) is 18.3. The van der Waals surface area contributed by atoms with Crippen molar-refractivity contribution in [2.75, 3.05) is 0 Å². The fraction of sp³-hybridized carbons (Fsp3) is 0.0500. The van der Waals surface area contributed by atoms with Gasteiger partial charge in [-0.25, -0.2) is 4.79 Å². The number of carbonyl (C=O) groups excluding carboxylic acids is 1. The van der Waals surface area contributed by atoms with Gasteiger partial charge in [0, 0.05) is 21.3 Å². The summed E-state index contributed by atoms with van der Waals surface area (Å²) in [6, 6.07) is 15.0. The molecule has 2 heterocycles. The molecule has 2 aromatic heterocycles. The molecule has 4 rings (SSSR count). The van der Waals surface area contributed by atoms with E-state index >= 15 is 0 Å². The molecule has 0 aliphatic heterocycles. The standard InChI is InChI=1S/C20H12Br2NO3/c21-15-7-14-8-16(20(25)26-19(14)17(22)9-15)18(24)11-23-6-5-12-3-1-2-4-13(12)10-23/h1-10H,11H2/q+1. The fourth-order valence-electron chi connectivity index (χ4n) is 2.88. The second-order valence-electron chi connectivity index (χ2n) is 5.92. The van der Waals surface area contributed by atoms with Gasteiger partial charge in [-0.05, 0) is 45.6 Å². The Hall–Kier alpha value is -2.31. The fourth-order valence-corrected chi connectivity index (χ4v) is 4.22. The van der Waals surface area contributed by atoms with Crippen LogP contribution in [-0.4, -0.2) is 5.78 Å². The smallest absolute Gasteiger partial charge is 0.347 e. The molecule has 0 aliphatic rings. The Morgan fingerprint density at radius 1 is 1.00 bits per heavy atom. The average Bonchev–Trinajstić information content (AvgIpc) is 2.61. The molecule has 0 fully saturated rings. The first-order valence-electron chi connectivity index (χ1n) is 7.85. The molecule has 0 saturated heterocycles. The summed E-state index contributed by atoms with van der Waals surface area (Å²) in [6.45, 7) is 0.0657. The largest absolute Gasteiger partial charge is 0.421 e. The third-order valence-electron chi connectivity index (χ3n) is 4.12. The molecule has 26 heavy (non-hydrogen) atoms. The number of fused-ring (bicyclic) bond motifs is 2. The van der Waals surface area contributed by atoms with Gasteiger partial charge >= 0.3 is 5.63 Å². The highest BCUT2D eigenvalue weighted by Gasteiger charge is 2.19. The number of Topliss-reactive ketones (excluding diaryl/α,β-unsaturated/α-hetero) is 1. The summed E-state index contributed by atoms with van der Waals surface area (Å²) in [4.78, 5) is 25.0. The summed E-state index contributed by atoms with van der Waals surface area (Å²) in [5.41, 5.74) is -0.164. The van der Waals surface area contributed by atoms with Gasteiger partial charge in [0.2, 0.25) is 12.3 Å². The number of hydrogen-bond donors (Lipinski definition) is 0. The van der Waals surface area contributed by atoms with Crippen LogP contribution >= 0.6 is 31.9 Å². The Balaban J connectivity index is 1.73. The Labute approximate surface area is 165 Å². The Bertz CT molecular complexity index is 1230. The van der Waals surface area contributed by atoms with Crippen molar-refractivity contribution >= 4 is 59.4 Å². The molecule has 0 unspecified atom stereocenters. The van der Waals surface area contributed by atoms with E-state index in [-0.39, 0.29) is 17.9 Å². The third-order valence-corrected chi connectivity index (χ3v) is 5.17. The summed E-state index contributed by atoms with van der Waals surface area (Å²) in [6.07, 6.45) is 3.72. The number of ketones is 1. The van der Waals surface area contributed by atoms with Gasteiger partial charge in [0.25, 0.3) is 0 Å². The molecule has 0 amide bonds. The van der Waals surface area contributed by atoms with Gasteiger partial charge in [-0.15, -0.1) is 0 Å². The highest BCUT2D eigenvalue weighted by Crippen LogP contribution is 2.28. The molecule has 6 heteroatoms. The maximum absolute atomic E-state index is 12.7. The second-order valence-corrected chi connectivity index (χ2v) is 7.69. The predicted octanol–water partition coefficient (Wildman–Crippen LogP) is 4.64. The van der Waals surface area contributed by atoms with Crippen molar-refractivity contribution in [2.45, 2.75) is 6.54 Å². The van der Waals surface area contributed by atoms with Crippen LogP contribution in [0.2, 0.25) is 0 Å². The average molecular weight is 474 g/mol. The van der Waals surface area contributed by atoms with E-state index in [1.807, 2.05) is 48.8 Å². The number of pyridine rings is 1. The van der Waals surface area contributed by atoms with Gasteiger partial charge in [-0.3, -0.25) is 4.79 Å². The summed E-state index contributed by atoms with van der Waals surface area (Å²) in [5.74, 6) is -0.294. The first kappa shape index (κ1) is 17.1. The minimum Gasteiger partial charge on any atom is -0.421 e. The van der Waals surface area contributed by atoms with E-state index in [1.54, 1.807) is 16.7 Å². The molecule has 0 radical (unpaired) electrons. The quantitative estimate of drug-likeness (QED) is 0.247. The maximum Gasteiger partial charge on any atom is 0.347 e. The lowest BCUT2D eigenvalue weighted by molar-refractivity contribution is -0.681. The van der Waals surface area contributed by atoms with Gasteiger partial charge in [0.1, 0.15) is 5.56 Å². The first-order valence-corrected chi connectivity index (χ1v) is 9.44. The summed E-state index contributed by atoms with van der Waals surface area (Å²) < 4.78 is 8.60. The van der Waals surface area contributed by atoms with Crippen LogP contribution in [0.15, 0.2) is 79.1 Å². The zero-order valence-corrected chi connectivity index (χ0v) is 16.6. The molecule has 0 aliphatic carbocycles. The molecule has 4 nitrogen and oxygen atoms in total. The summed E-state index contributed by atoms with van der Waals surface area (Å²) in [5, 5.41) is 2.80. The van der Waals surface area contributed by atoms with Crippen molar-refractivity contribution in [1.82, 2.24) is 0 Å². The number of aromatic nitrogens is 1. The molecule has 0 bridgehead atoms. The molecule has 0 saturated carbocycles. The van der Waals surface area contributed by atoms with Crippen LogP contribution in [-0.2, 0) is 6.54 Å². The van der Waals surface area contributed by atoms with Gasteiger partial charge < -0.3 is 4.42 Å². The monoisotopic (exact) mass is 472 g/mol. The van der Waals surface area contributed by atoms with Gasteiger partial charge in [0.15, 0.2) is 18.0 Å². The number of rotatable bonds is 3. The zero-order valence-electron chi connectivity index (χ0n) is 13.4. The van der Waals surface area contributed by atoms with E-state index in [0.29, 0.717) is 15.4 Å². The van der Waals surface area contributed by atoms with Crippen molar-refractivity contribution in [3.05, 3.63) is 85.9 Å². The van der Waals surface area contributed by atoms with Gasteiger partial charge in [-0.2, -0.15) is 4.57 Å². The molecule has 128 valence electrons. The van der Waals surface area contributed by atoms with Crippen LogP contribution in [0, 0.1) is 0 Å². The van der Waals surface area contributed by atoms with E-state index in [4.69, 9.17) is 4.42 Å². The van der Waals surface area contributed by atoms with Crippen LogP contribution < -0.4 is 10.2 Å². The number of benzene rings is 2. The molecule has 0 atom stereocenters. The lowest BCUT2D eigenvalue weighted by Gasteiger charge is -2.03. The van der Waals surface area contributed by atoms with Gasteiger partial charge in [0.05, 0.1) is 4.47 Å². The molecule has 4 aromatic rings. The highest BCUT2D eigenvalue weighted by atomic mass is 79.9. The van der Waals surface area contributed by atoms with Crippen molar-refractivity contribution < 1.29 is 13.8 Å². The van der Waals surface area contributed by atoms with Gasteiger partial charge in [-0.1, -0.05) is 34.1 Å². The Kier molecular flexibility index (Phi) is 4.46. The van der Waals surface area contributed by atoms with Crippen molar-refractivity contribution in [3.8, 4) is 0 Å². The minimum atomic E-state index is -0.632. The topological polar surface area (TPSA) is 51.2 Å². The number of nitrogens with zero attached hydrogens (tertiary/aromatic N) is 1. The Morgan fingerprint density at radius 2 is 1.77 bits per heavy atom. The molecular weight excluding hydrogens is 462 g/mol. The Morgan fingerprint density at radius 3 is 2.58 bits per heavy atom. The summed E-state index contributed by atoms with van der Waals surface area (Å²) in [7, 11) is 0. The van der Waals surface area contributed by atoms with Crippen LogP contribution in [0.25, 0.3) is 21.7 Å². The normalized spacial score (nSPS) is 11.2. The van der Waals surface area contributed by atoms with E-state index < -0.39 is 5.63 Å². The molecule has 0 N–H and O–H groups in total. The van der Waals surface area contributed by atoms with Crippen molar-refractivity contribution in [2.24, 2.45) is 0 Å². The predicted molar refractivity (Wildman–Crippen MR) is 106 cm³/mol. The van der Waals surface area contributed by atoms with Crippen LogP contribution in [0.3, 0.4) is 0 Å². The summed E-state index contributed by atoms with van der Waals surface area (Å²) >= 11 is 6.77. The lowest BCUT2D eigenvalue weighted by Crippen LogP contribution is -2.38. The van der Waals surface area contributed by atoms with Crippen molar-refractivity contribution in [1.29, 1.82) is 0 Å². The van der Waals surface area contributed by atoms with E-state index in [9.17, 15) is 9.59 Å². The SMILES string of the molecule is O=C(C[n+]1ccc2ccccc2c1)c1cc2cc(Br)cc(Br)c2oc1=O. The van der Waals surface area contributed by atoms with Crippen LogP contribution in [0.5, 0.6) is 0 Å². The highest BCUT2D eigenvalue weighted by molar-refractivity contribution is 9.11. The van der Waals surface area contributed by atoms with E-state index in [0.717, 1.165) is 15.2 Å². The maximum atomic E-state index is 12.7. The van der Waals surface area contributed by atoms with E-state index in [2.05, 4.69) is 31.9 Å². The molecule has 2 aromatic carbocycles.